The van der Waals surface area contributed by atoms with Crippen LogP contribution >= 0.6 is 15.9 Å². The smallest absolute Gasteiger partial charge is 0.261 e. The van der Waals surface area contributed by atoms with Gasteiger partial charge in [0.2, 0.25) is 0 Å². The number of fused-ring (bicyclic) bond motifs is 1. The second-order valence-electron chi connectivity index (χ2n) is 7.51. The molecule has 0 aliphatic heterocycles. The molecule has 5 rings (SSSR count). The number of benzene rings is 3. The van der Waals surface area contributed by atoms with Crippen molar-refractivity contribution >= 4 is 26.8 Å². The minimum Gasteiger partial charge on any atom is -0.451 e. The third-order valence-electron chi connectivity index (χ3n) is 5.37. The molecule has 0 saturated heterocycles. The fourth-order valence-electron chi connectivity index (χ4n) is 3.57. The highest BCUT2D eigenvalue weighted by Gasteiger charge is 2.23. The van der Waals surface area contributed by atoms with Crippen molar-refractivity contribution < 1.29 is 26.8 Å². The molecule has 3 aromatic carbocycles. The molecule has 2 aromatic heterocycles. The molecule has 0 aliphatic carbocycles. The number of ether oxygens (including phenoxy) is 1. The van der Waals surface area contributed by atoms with Crippen LogP contribution < -0.4 is 4.74 Å². The lowest BCUT2D eigenvalue weighted by Gasteiger charge is -2.10. The molecule has 10 heteroatoms. The highest BCUT2D eigenvalue weighted by molar-refractivity contribution is 9.10. The van der Waals surface area contributed by atoms with Gasteiger partial charge in [-0.05, 0) is 51.8 Å². The van der Waals surface area contributed by atoms with Gasteiger partial charge < -0.3 is 14.2 Å². The lowest BCUT2D eigenvalue weighted by atomic mass is 10.00. The zero-order chi connectivity index (χ0) is 24.0. The number of hydrogen-bond acceptors (Lipinski definition) is 4. The molecule has 0 bridgehead atoms. The maximum atomic E-state index is 14.7. The van der Waals surface area contributed by atoms with Crippen LogP contribution in [0.4, 0.5) is 17.6 Å². The first-order valence-corrected chi connectivity index (χ1v) is 10.8. The van der Waals surface area contributed by atoms with Crippen molar-refractivity contribution in [2.24, 2.45) is 0 Å². The van der Waals surface area contributed by atoms with Gasteiger partial charge in [0.25, 0.3) is 5.89 Å². The Morgan fingerprint density at radius 3 is 2.65 bits per heavy atom. The maximum Gasteiger partial charge on any atom is 0.261 e. The SMILES string of the molecule is CC(c1noc(-c2cc(Oc3c(F)cc4[nH]ccc4c3F)ccc2F)n1)c1cccc(Br)c1F. The summed E-state index contributed by atoms with van der Waals surface area (Å²) in [6.07, 6.45) is 1.47. The van der Waals surface area contributed by atoms with Gasteiger partial charge in [0.1, 0.15) is 17.4 Å². The molecule has 5 nitrogen and oxygen atoms in total. The maximum absolute atomic E-state index is 14.7. The van der Waals surface area contributed by atoms with Crippen molar-refractivity contribution in [1.29, 1.82) is 0 Å². The minimum atomic E-state index is -0.928. The Labute approximate surface area is 198 Å². The van der Waals surface area contributed by atoms with Crippen LogP contribution in [0.3, 0.4) is 0 Å². The van der Waals surface area contributed by atoms with Gasteiger partial charge in [0.05, 0.1) is 15.6 Å². The van der Waals surface area contributed by atoms with Gasteiger partial charge in [-0.2, -0.15) is 4.98 Å². The summed E-state index contributed by atoms with van der Waals surface area (Å²) in [7, 11) is 0. The average Bonchev–Trinajstić information content (AvgIpc) is 3.49. The van der Waals surface area contributed by atoms with E-state index >= 15 is 0 Å². The first kappa shape index (κ1) is 22.1. The molecule has 0 radical (unpaired) electrons. The van der Waals surface area contributed by atoms with Gasteiger partial charge in [-0.3, -0.25) is 0 Å². The van der Waals surface area contributed by atoms with Crippen LogP contribution in [0.15, 0.2) is 63.7 Å². The molecular weight excluding hydrogens is 518 g/mol. The van der Waals surface area contributed by atoms with E-state index in [0.717, 1.165) is 12.1 Å². The lowest BCUT2D eigenvalue weighted by Crippen LogP contribution is -2.02. The molecule has 34 heavy (non-hydrogen) atoms. The number of nitrogens with one attached hydrogen (secondary N) is 1. The predicted molar refractivity (Wildman–Crippen MR) is 120 cm³/mol. The van der Waals surface area contributed by atoms with E-state index in [1.807, 2.05) is 0 Å². The van der Waals surface area contributed by atoms with Gasteiger partial charge >= 0.3 is 0 Å². The van der Waals surface area contributed by atoms with E-state index in [9.17, 15) is 17.6 Å². The summed E-state index contributed by atoms with van der Waals surface area (Å²) in [4.78, 5) is 6.92. The summed E-state index contributed by atoms with van der Waals surface area (Å²) < 4.78 is 69.1. The number of hydrogen-bond donors (Lipinski definition) is 1. The van der Waals surface area contributed by atoms with Crippen LogP contribution in [0, 0.1) is 23.3 Å². The van der Waals surface area contributed by atoms with E-state index in [-0.39, 0.29) is 38.4 Å². The Kier molecular flexibility index (Phi) is 5.60. The number of nitrogens with zero attached hydrogens (tertiary/aromatic N) is 2. The summed E-state index contributed by atoms with van der Waals surface area (Å²) in [6, 6.07) is 10.8. The van der Waals surface area contributed by atoms with E-state index in [0.29, 0.717) is 5.56 Å². The molecule has 1 N–H and O–H groups in total. The molecule has 0 spiro atoms. The molecule has 172 valence electrons. The Bertz CT molecular complexity index is 1530. The highest BCUT2D eigenvalue weighted by atomic mass is 79.9. The van der Waals surface area contributed by atoms with Crippen molar-refractivity contribution in [2.75, 3.05) is 0 Å². The third kappa shape index (κ3) is 3.83. The fourth-order valence-corrected chi connectivity index (χ4v) is 3.95. The van der Waals surface area contributed by atoms with E-state index in [1.54, 1.807) is 25.1 Å². The van der Waals surface area contributed by atoms with Crippen LogP contribution in [0.25, 0.3) is 22.4 Å². The van der Waals surface area contributed by atoms with Gasteiger partial charge in [-0.15, -0.1) is 0 Å². The Morgan fingerprint density at radius 2 is 1.82 bits per heavy atom. The van der Waals surface area contributed by atoms with Crippen molar-refractivity contribution in [3.8, 4) is 23.0 Å². The van der Waals surface area contributed by atoms with Crippen molar-refractivity contribution in [3.05, 3.63) is 93.9 Å². The number of rotatable bonds is 5. The normalized spacial score (nSPS) is 12.3. The fraction of sp³-hybridized carbons (Fsp3) is 0.0833. The highest BCUT2D eigenvalue weighted by Crippen LogP contribution is 2.35. The Hall–Kier alpha value is -3.66. The summed E-state index contributed by atoms with van der Waals surface area (Å²) >= 11 is 3.14. The van der Waals surface area contributed by atoms with E-state index in [4.69, 9.17) is 9.26 Å². The predicted octanol–water partition coefficient (Wildman–Crippen LogP) is 7.48. The standard InChI is InChI=1S/C24H14BrF4N3O2/c1-11(13-3-2-4-16(25)20(13)28)23-31-24(34-32-23)15-9-12(5-6-17(15)26)33-22-18(27)10-19-14(21(22)29)7-8-30-19/h2-11,30H,1H3. The summed E-state index contributed by atoms with van der Waals surface area (Å²) in [5.41, 5.74) is 0.462. The number of halogens is 5. The van der Waals surface area contributed by atoms with Crippen molar-refractivity contribution in [1.82, 2.24) is 15.1 Å². The van der Waals surface area contributed by atoms with Crippen LogP contribution in [0.5, 0.6) is 11.5 Å². The zero-order valence-electron chi connectivity index (χ0n) is 17.4. The molecule has 2 heterocycles. The summed E-state index contributed by atoms with van der Waals surface area (Å²) in [5, 5.41) is 4.00. The Balaban J connectivity index is 1.48. The summed E-state index contributed by atoms with van der Waals surface area (Å²) in [5.74, 6) is -4.33. The molecule has 0 amide bonds. The first-order valence-electron chi connectivity index (χ1n) is 10.0. The minimum absolute atomic E-state index is 0.0464. The first-order chi connectivity index (χ1) is 16.3. The number of H-pyrrole nitrogens is 1. The largest absolute Gasteiger partial charge is 0.451 e. The average molecular weight is 532 g/mol. The van der Waals surface area contributed by atoms with Crippen LogP contribution in [0.2, 0.25) is 0 Å². The summed E-state index contributed by atoms with van der Waals surface area (Å²) in [6.45, 7) is 1.68. The van der Waals surface area contributed by atoms with Gasteiger partial charge in [0.15, 0.2) is 23.2 Å². The van der Waals surface area contributed by atoms with Crippen LogP contribution in [-0.2, 0) is 0 Å². The molecule has 5 aromatic rings. The van der Waals surface area contributed by atoms with Gasteiger partial charge in [-0.25, -0.2) is 17.6 Å². The van der Waals surface area contributed by atoms with Crippen molar-refractivity contribution in [2.45, 2.75) is 12.8 Å². The van der Waals surface area contributed by atoms with Gasteiger partial charge in [0, 0.05) is 23.6 Å². The second kappa shape index (κ2) is 8.60. The van der Waals surface area contributed by atoms with Gasteiger partial charge in [-0.1, -0.05) is 24.2 Å². The molecule has 1 unspecified atom stereocenters. The van der Waals surface area contributed by atoms with Crippen LogP contribution in [0.1, 0.15) is 24.2 Å². The monoisotopic (exact) mass is 531 g/mol. The molecule has 0 aliphatic rings. The molecule has 0 saturated carbocycles. The topological polar surface area (TPSA) is 63.9 Å². The Morgan fingerprint density at radius 1 is 1.00 bits per heavy atom. The van der Waals surface area contributed by atoms with Crippen LogP contribution in [-0.4, -0.2) is 15.1 Å². The second-order valence-corrected chi connectivity index (χ2v) is 8.36. The number of aromatic amines is 1. The van der Waals surface area contributed by atoms with E-state index in [2.05, 4.69) is 31.1 Å². The van der Waals surface area contributed by atoms with E-state index in [1.165, 1.54) is 24.4 Å². The number of aromatic nitrogens is 3. The lowest BCUT2D eigenvalue weighted by molar-refractivity contribution is 0.407. The molecule has 1 atom stereocenters. The van der Waals surface area contributed by atoms with Crippen molar-refractivity contribution in [3.63, 3.8) is 0 Å². The third-order valence-corrected chi connectivity index (χ3v) is 5.98. The quantitative estimate of drug-likeness (QED) is 0.239. The zero-order valence-corrected chi connectivity index (χ0v) is 19.0. The van der Waals surface area contributed by atoms with E-state index < -0.39 is 34.9 Å². The molecule has 0 fully saturated rings. The molecular formula is C24H14BrF4N3O2.